The highest BCUT2D eigenvalue weighted by atomic mass is 15.5. The van der Waals surface area contributed by atoms with Crippen molar-refractivity contribution in [3.63, 3.8) is 0 Å². The summed E-state index contributed by atoms with van der Waals surface area (Å²) in [5.41, 5.74) is 0. The minimum Gasteiger partial charge on any atom is -0.286 e. The monoisotopic (exact) mass is 380 g/mol. The first-order valence-corrected chi connectivity index (χ1v) is 11.8. The predicted octanol–water partition coefficient (Wildman–Crippen LogP) is 4.46. The molecular weight excluding hydrogens is 332 g/mol. The summed E-state index contributed by atoms with van der Waals surface area (Å²) in [5, 5.41) is 0. The first-order chi connectivity index (χ1) is 12.7. The van der Waals surface area contributed by atoms with Gasteiger partial charge in [-0.25, -0.2) is 0 Å². The molecule has 0 aromatic rings. The third kappa shape index (κ3) is 4.88. The average molecular weight is 381 g/mol. The van der Waals surface area contributed by atoms with Gasteiger partial charge in [0.2, 0.25) is 0 Å². The Balaban J connectivity index is 1.80. The van der Waals surface area contributed by atoms with Crippen LogP contribution in [0.5, 0.6) is 0 Å². The van der Waals surface area contributed by atoms with Crippen molar-refractivity contribution in [2.24, 2.45) is 0 Å². The Hall–Kier alpha value is -0.160. The van der Waals surface area contributed by atoms with E-state index in [2.05, 4.69) is 81.9 Å². The van der Waals surface area contributed by atoms with Gasteiger partial charge in [0.1, 0.15) is 0 Å². The van der Waals surface area contributed by atoms with E-state index in [1.165, 1.54) is 38.8 Å². The Labute approximate surface area is 170 Å². The molecule has 0 amide bonds. The van der Waals surface area contributed by atoms with E-state index in [9.17, 15) is 0 Å². The van der Waals surface area contributed by atoms with E-state index in [-0.39, 0.29) is 0 Å². The molecule has 2 aliphatic rings. The zero-order valence-electron chi connectivity index (χ0n) is 19.8. The van der Waals surface area contributed by atoms with E-state index in [1.807, 2.05) is 0 Å². The predicted molar refractivity (Wildman–Crippen MR) is 118 cm³/mol. The van der Waals surface area contributed by atoms with Gasteiger partial charge in [-0.3, -0.25) is 19.6 Å². The minimum atomic E-state index is 0.580. The van der Waals surface area contributed by atoms with E-state index >= 15 is 0 Å². The van der Waals surface area contributed by atoms with Crippen LogP contribution in [0.2, 0.25) is 0 Å². The van der Waals surface area contributed by atoms with Gasteiger partial charge < -0.3 is 0 Å². The first kappa shape index (κ1) is 23.1. The van der Waals surface area contributed by atoms with Crippen LogP contribution in [-0.2, 0) is 0 Å². The molecule has 0 bridgehead atoms. The van der Waals surface area contributed by atoms with Crippen LogP contribution >= 0.6 is 0 Å². The van der Waals surface area contributed by atoms with Crippen molar-refractivity contribution in [3.05, 3.63) is 0 Å². The Morgan fingerprint density at radius 3 is 1.93 bits per heavy atom. The lowest BCUT2D eigenvalue weighted by atomic mass is 10.1. The van der Waals surface area contributed by atoms with E-state index in [0.717, 1.165) is 6.67 Å². The molecule has 0 aliphatic carbocycles. The van der Waals surface area contributed by atoms with Gasteiger partial charge in [0, 0.05) is 42.8 Å². The topological polar surface area (TPSA) is 13.0 Å². The average Bonchev–Trinajstić information content (AvgIpc) is 3.05. The van der Waals surface area contributed by atoms with E-state index in [4.69, 9.17) is 0 Å². The lowest BCUT2D eigenvalue weighted by Crippen LogP contribution is -2.43. The number of nitrogens with zero attached hydrogens (tertiary/aromatic N) is 4. The lowest BCUT2D eigenvalue weighted by molar-refractivity contribution is 0.0948. The summed E-state index contributed by atoms with van der Waals surface area (Å²) in [6.07, 6.45) is 5.71. The fraction of sp³-hybridized carbons (Fsp3) is 1.00. The van der Waals surface area contributed by atoms with Gasteiger partial charge in [-0.15, -0.1) is 0 Å². The number of rotatable bonds is 9. The van der Waals surface area contributed by atoms with Gasteiger partial charge >= 0.3 is 0 Å². The molecule has 2 rings (SSSR count). The van der Waals surface area contributed by atoms with E-state index < -0.39 is 0 Å². The summed E-state index contributed by atoms with van der Waals surface area (Å²) < 4.78 is 0. The van der Waals surface area contributed by atoms with Crippen LogP contribution in [0.4, 0.5) is 0 Å². The summed E-state index contributed by atoms with van der Waals surface area (Å²) in [6, 6.07) is 4.08. The zero-order valence-corrected chi connectivity index (χ0v) is 19.8. The summed E-state index contributed by atoms with van der Waals surface area (Å²) in [4.78, 5) is 10.9. The third-order valence-electron chi connectivity index (χ3n) is 8.11. The quantitative estimate of drug-likeness (QED) is 0.548. The van der Waals surface area contributed by atoms with Crippen LogP contribution in [0.25, 0.3) is 0 Å². The van der Waals surface area contributed by atoms with Crippen LogP contribution in [-0.4, -0.2) is 81.8 Å². The van der Waals surface area contributed by atoms with Gasteiger partial charge in [-0.2, -0.15) is 0 Å². The molecule has 0 aromatic carbocycles. The second-order valence-corrected chi connectivity index (χ2v) is 9.47. The molecule has 2 aliphatic heterocycles. The largest absolute Gasteiger partial charge is 0.286 e. The van der Waals surface area contributed by atoms with Crippen molar-refractivity contribution in [2.75, 3.05) is 19.8 Å². The second kappa shape index (κ2) is 10.0. The molecule has 1 unspecified atom stereocenters. The summed E-state index contributed by atoms with van der Waals surface area (Å²) >= 11 is 0. The molecule has 4 heteroatoms. The normalized spacial score (nSPS) is 36.6. The third-order valence-corrected chi connectivity index (χ3v) is 8.11. The van der Waals surface area contributed by atoms with Crippen molar-refractivity contribution in [2.45, 2.75) is 130 Å². The Morgan fingerprint density at radius 1 is 0.741 bits per heavy atom. The van der Waals surface area contributed by atoms with Crippen molar-refractivity contribution in [3.8, 4) is 0 Å². The smallest absolute Gasteiger partial charge is 0.0601 e. The van der Waals surface area contributed by atoms with Crippen LogP contribution in [0.3, 0.4) is 0 Å². The van der Waals surface area contributed by atoms with Crippen molar-refractivity contribution >= 4 is 0 Å². The standard InChI is InChI=1S/C23H48N4/c1-10-17(3)26-16-24(19(5)20(26)6)14-12-13-15-25-21(7)22(8)27(23(25)9)18(4)11-2/h17-23H,10-16H2,1-9H3/t17-,18-,19-,20+,21-,22+,23?/m0/s1. The van der Waals surface area contributed by atoms with Gasteiger partial charge in [0.15, 0.2) is 0 Å². The fourth-order valence-corrected chi connectivity index (χ4v) is 5.46. The van der Waals surface area contributed by atoms with Crippen LogP contribution < -0.4 is 0 Å². The molecule has 7 atom stereocenters. The van der Waals surface area contributed by atoms with Crippen molar-refractivity contribution in [1.82, 2.24) is 19.6 Å². The maximum Gasteiger partial charge on any atom is 0.0601 e. The minimum absolute atomic E-state index is 0.580. The summed E-state index contributed by atoms with van der Waals surface area (Å²) in [6.45, 7) is 25.2. The van der Waals surface area contributed by atoms with Crippen LogP contribution in [0.1, 0.15) is 88.0 Å². The highest BCUT2D eigenvalue weighted by Gasteiger charge is 2.41. The van der Waals surface area contributed by atoms with Crippen molar-refractivity contribution in [1.29, 1.82) is 0 Å². The molecule has 2 saturated heterocycles. The molecule has 4 nitrogen and oxygen atoms in total. The number of hydrogen-bond acceptors (Lipinski definition) is 4. The Bertz CT molecular complexity index is 442. The molecule has 27 heavy (non-hydrogen) atoms. The molecule has 0 N–H and O–H groups in total. The lowest BCUT2D eigenvalue weighted by Gasteiger charge is -2.33. The summed E-state index contributed by atoms with van der Waals surface area (Å²) in [7, 11) is 0. The van der Waals surface area contributed by atoms with Gasteiger partial charge in [-0.05, 0) is 80.7 Å². The first-order valence-electron chi connectivity index (χ1n) is 11.8. The Morgan fingerprint density at radius 2 is 1.33 bits per heavy atom. The number of unbranched alkanes of at least 4 members (excludes halogenated alkanes) is 1. The van der Waals surface area contributed by atoms with Crippen LogP contribution in [0, 0.1) is 0 Å². The highest BCUT2D eigenvalue weighted by molar-refractivity contribution is 4.94. The highest BCUT2D eigenvalue weighted by Crippen LogP contribution is 2.30. The molecule has 0 saturated carbocycles. The molecule has 2 fully saturated rings. The maximum atomic E-state index is 2.75. The van der Waals surface area contributed by atoms with E-state index in [1.54, 1.807) is 0 Å². The SMILES string of the molecule is CC[C@H](C)N1CN(CCCCN2C(C)N([C@@H](C)CC)[C@H](C)[C@@H]2C)[C@@H](C)[C@H]1C. The number of hydrogen-bond donors (Lipinski definition) is 0. The Kier molecular flexibility index (Phi) is 8.60. The summed E-state index contributed by atoms with van der Waals surface area (Å²) in [5.74, 6) is 0. The van der Waals surface area contributed by atoms with E-state index in [0.29, 0.717) is 42.4 Å². The fourth-order valence-electron chi connectivity index (χ4n) is 5.46. The maximum absolute atomic E-state index is 2.75. The van der Waals surface area contributed by atoms with Gasteiger partial charge in [-0.1, -0.05) is 13.8 Å². The van der Waals surface area contributed by atoms with Crippen LogP contribution in [0.15, 0.2) is 0 Å². The molecule has 0 spiro atoms. The zero-order chi connectivity index (χ0) is 20.3. The van der Waals surface area contributed by atoms with Gasteiger partial charge in [0.05, 0.1) is 12.8 Å². The van der Waals surface area contributed by atoms with Crippen molar-refractivity contribution < 1.29 is 0 Å². The van der Waals surface area contributed by atoms with Gasteiger partial charge in [0.25, 0.3) is 0 Å². The molecule has 2 heterocycles. The molecule has 0 aromatic heterocycles. The second-order valence-electron chi connectivity index (χ2n) is 9.47. The molecular formula is C23H48N4. The molecule has 0 radical (unpaired) electrons. The molecule has 160 valence electrons.